The fraction of sp³-hybridized carbons (Fsp3) is 0.250. The lowest BCUT2D eigenvalue weighted by atomic mass is 9.90. The highest BCUT2D eigenvalue weighted by Crippen LogP contribution is 2.39. The average Bonchev–Trinajstić information content (AvgIpc) is 3.21. The van der Waals surface area contributed by atoms with Gasteiger partial charge in [-0.05, 0) is 29.3 Å². The smallest absolute Gasteiger partial charge is 0.323 e. The molecule has 0 fully saturated rings. The van der Waals surface area contributed by atoms with Crippen LogP contribution in [-0.2, 0) is 16.0 Å². The molecule has 3 heterocycles. The third-order valence-corrected chi connectivity index (χ3v) is 5.00. The first-order valence-corrected chi connectivity index (χ1v) is 8.40. The molecule has 2 aromatic carbocycles. The number of para-hydroxylation sites is 1. The Morgan fingerprint density at radius 3 is 2.96 bits per heavy atom. The van der Waals surface area contributed by atoms with Crippen LogP contribution in [0.15, 0.2) is 42.5 Å². The summed E-state index contributed by atoms with van der Waals surface area (Å²) in [5, 5.41) is 4.43. The van der Waals surface area contributed by atoms with E-state index in [0.717, 1.165) is 27.7 Å². The van der Waals surface area contributed by atoms with E-state index >= 15 is 0 Å². The highest BCUT2D eigenvalue weighted by Gasteiger charge is 2.35. The zero-order valence-electron chi connectivity index (χ0n) is 16.0. The Morgan fingerprint density at radius 2 is 2.08 bits per heavy atom. The molecule has 2 N–H and O–H groups in total. The molecular weight excluding hydrogens is 332 g/mol. The van der Waals surface area contributed by atoms with Gasteiger partial charge in [0.2, 0.25) is 6.75 Å². The molecule has 0 aliphatic carbocycles. The quantitative estimate of drug-likeness (QED) is 0.694. The van der Waals surface area contributed by atoms with Gasteiger partial charge in [-0.3, -0.25) is 10.1 Å². The van der Waals surface area contributed by atoms with Gasteiger partial charge < -0.3 is 19.2 Å². The second-order valence-electron chi connectivity index (χ2n) is 6.44. The third-order valence-electron chi connectivity index (χ3n) is 5.00. The molecule has 6 heteroatoms. The van der Waals surface area contributed by atoms with Crippen LogP contribution in [0.5, 0.6) is 11.5 Å². The van der Waals surface area contributed by atoms with Crippen LogP contribution in [0.4, 0.5) is 0 Å². The Bertz CT molecular complexity index is 1090. The molecule has 0 bridgehead atoms. The monoisotopic (exact) mass is 352 g/mol. The predicted molar refractivity (Wildman–Crippen MR) is 95.4 cm³/mol. The van der Waals surface area contributed by atoms with Crippen molar-refractivity contribution in [2.75, 3.05) is 13.9 Å². The van der Waals surface area contributed by atoms with E-state index < -0.39 is 12.8 Å². The second-order valence-corrected chi connectivity index (χ2v) is 6.44. The van der Waals surface area contributed by atoms with Crippen molar-refractivity contribution in [2.24, 2.45) is 0 Å². The van der Waals surface area contributed by atoms with E-state index in [1.54, 1.807) is 12.1 Å². The van der Waals surface area contributed by atoms with Crippen molar-refractivity contribution >= 4 is 16.9 Å². The Morgan fingerprint density at radius 1 is 1.23 bits per heavy atom. The number of ether oxygens (including phenoxy) is 3. The number of methoxy groups -OCH3 is 1. The highest BCUT2D eigenvalue weighted by atomic mass is 16.7. The van der Waals surface area contributed by atoms with E-state index in [1.807, 2.05) is 30.3 Å². The largest absolute Gasteiger partial charge is 0.468 e. The Balaban J connectivity index is 1.62. The van der Waals surface area contributed by atoms with E-state index in [-0.39, 0.29) is 12.0 Å². The van der Waals surface area contributed by atoms with Crippen molar-refractivity contribution in [1.82, 2.24) is 10.3 Å². The topological polar surface area (TPSA) is 72.6 Å². The van der Waals surface area contributed by atoms with E-state index in [0.29, 0.717) is 17.9 Å². The summed E-state index contributed by atoms with van der Waals surface area (Å²) < 4.78 is 30.6. The first kappa shape index (κ1) is 13.2. The minimum atomic E-state index is -2.18. The van der Waals surface area contributed by atoms with E-state index in [4.69, 9.17) is 17.0 Å². The van der Waals surface area contributed by atoms with Gasteiger partial charge in [-0.1, -0.05) is 24.3 Å². The number of nitrogens with one attached hydrogen (secondary N) is 2. The number of fused-ring (bicyclic) bond motifs is 4. The fourth-order valence-corrected chi connectivity index (χ4v) is 3.77. The lowest BCUT2D eigenvalue weighted by Crippen LogP contribution is -2.45. The number of H-pyrrole nitrogens is 1. The van der Waals surface area contributed by atoms with E-state index in [9.17, 15) is 4.79 Å². The molecule has 6 nitrogen and oxygen atoms in total. The second kappa shape index (κ2) is 5.78. The van der Waals surface area contributed by atoms with Gasteiger partial charge in [0.25, 0.3) is 0 Å². The molecule has 132 valence electrons. The molecule has 0 saturated carbocycles. The molecule has 1 aromatic heterocycles. The van der Waals surface area contributed by atoms with E-state index in [2.05, 4.69) is 10.3 Å². The van der Waals surface area contributed by atoms with Crippen LogP contribution in [0.3, 0.4) is 0 Å². The summed E-state index contributed by atoms with van der Waals surface area (Å²) in [6.45, 7) is -2.18. The molecular formula is C20H18N2O4. The minimum absolute atomic E-state index is 0.305. The lowest BCUT2D eigenvalue weighted by molar-refractivity contribution is -0.143. The number of carbonyl (C=O) groups excluding carboxylic acids is 1. The van der Waals surface area contributed by atoms with Crippen LogP contribution in [0, 0.1) is 0 Å². The molecule has 0 radical (unpaired) electrons. The van der Waals surface area contributed by atoms with Gasteiger partial charge in [-0.2, -0.15) is 0 Å². The minimum Gasteiger partial charge on any atom is -0.468 e. The summed E-state index contributed by atoms with van der Waals surface area (Å²) in [6.07, 6.45) is 0.523. The van der Waals surface area contributed by atoms with Crippen LogP contribution < -0.4 is 14.8 Å². The summed E-state index contributed by atoms with van der Waals surface area (Å²) in [4.78, 5) is 15.8. The van der Waals surface area contributed by atoms with Crippen LogP contribution >= 0.6 is 0 Å². The molecule has 26 heavy (non-hydrogen) atoms. The van der Waals surface area contributed by atoms with Crippen molar-refractivity contribution < 1.29 is 21.7 Å². The molecule has 0 amide bonds. The predicted octanol–water partition coefficient (Wildman–Crippen LogP) is 2.67. The molecule has 0 saturated heterocycles. The molecule has 5 rings (SSSR count). The van der Waals surface area contributed by atoms with Crippen molar-refractivity contribution in [3.8, 4) is 11.5 Å². The van der Waals surface area contributed by atoms with Crippen molar-refractivity contribution in [2.45, 2.75) is 18.5 Å². The summed E-state index contributed by atoms with van der Waals surface area (Å²) in [5.41, 5.74) is 3.88. The highest BCUT2D eigenvalue weighted by molar-refractivity contribution is 5.87. The maximum atomic E-state index is 12.3. The Hall–Kier alpha value is -2.99. The molecule has 2 atom stereocenters. The Kier molecular flexibility index (Phi) is 2.94. The number of esters is 1. The van der Waals surface area contributed by atoms with Crippen LogP contribution in [0.25, 0.3) is 10.9 Å². The van der Waals surface area contributed by atoms with Gasteiger partial charge in [-0.15, -0.1) is 0 Å². The SMILES string of the molecule is [2H]C1([2H])Oc2ccc(C3N[C@@H](C(=O)OC)Cc4c3[nH]c3ccccc43)cc2O1. The van der Waals surface area contributed by atoms with Gasteiger partial charge in [0.1, 0.15) is 8.78 Å². The molecule has 3 aromatic rings. The van der Waals surface area contributed by atoms with Crippen molar-refractivity contribution in [3.05, 3.63) is 59.3 Å². The van der Waals surface area contributed by atoms with Crippen LogP contribution in [0.1, 0.15) is 25.6 Å². The molecule has 2 aliphatic rings. The molecule has 2 aliphatic heterocycles. The number of benzene rings is 2. The van der Waals surface area contributed by atoms with E-state index in [1.165, 1.54) is 7.11 Å². The third kappa shape index (κ3) is 2.26. The Labute approximate surface area is 152 Å². The number of hydrogen-bond acceptors (Lipinski definition) is 5. The number of aromatic amines is 1. The fourth-order valence-electron chi connectivity index (χ4n) is 3.77. The van der Waals surface area contributed by atoms with Crippen molar-refractivity contribution in [3.63, 3.8) is 0 Å². The molecule has 0 spiro atoms. The number of aromatic nitrogens is 1. The number of rotatable bonds is 2. The lowest BCUT2D eigenvalue weighted by Gasteiger charge is -2.30. The van der Waals surface area contributed by atoms with Gasteiger partial charge >= 0.3 is 5.97 Å². The summed E-state index contributed by atoms with van der Waals surface area (Å²) in [6, 6.07) is 12.5. The van der Waals surface area contributed by atoms with Gasteiger partial charge in [-0.25, -0.2) is 0 Å². The maximum absolute atomic E-state index is 12.3. The summed E-state index contributed by atoms with van der Waals surface area (Å²) in [5.74, 6) is 0.367. The van der Waals surface area contributed by atoms with Gasteiger partial charge in [0, 0.05) is 23.0 Å². The first-order valence-electron chi connectivity index (χ1n) is 9.40. The summed E-state index contributed by atoms with van der Waals surface area (Å²) in [7, 11) is 1.38. The van der Waals surface area contributed by atoms with Crippen molar-refractivity contribution in [1.29, 1.82) is 0 Å². The summed E-state index contributed by atoms with van der Waals surface area (Å²) >= 11 is 0. The zero-order chi connectivity index (χ0) is 19.5. The van der Waals surface area contributed by atoms with Gasteiger partial charge in [0.15, 0.2) is 11.5 Å². The molecule has 1 unspecified atom stereocenters. The number of hydrogen-bond donors (Lipinski definition) is 2. The first-order chi connectivity index (χ1) is 13.4. The standard InChI is InChI=1S/C20H18N2O4/c1-24-20(23)15-9-13-12-4-2-3-5-14(12)21-19(13)18(22-15)11-6-7-16-17(8-11)26-10-25-16/h2-8,15,18,21-22H,9-10H2,1H3/t15-,18?/m1/s1/i10D2. The number of carbonyl (C=O) groups is 1. The normalized spacial score (nSPS) is 23.9. The van der Waals surface area contributed by atoms with Crippen LogP contribution in [-0.4, -0.2) is 30.8 Å². The van der Waals surface area contributed by atoms with Crippen LogP contribution in [0.2, 0.25) is 0 Å². The maximum Gasteiger partial charge on any atom is 0.323 e. The zero-order valence-corrected chi connectivity index (χ0v) is 14.0. The average molecular weight is 352 g/mol. The van der Waals surface area contributed by atoms with Gasteiger partial charge in [0.05, 0.1) is 13.2 Å².